The number of hydrogen-bond donors (Lipinski definition) is 3. The zero-order chi connectivity index (χ0) is 32.2. The molecule has 2 saturated heterocycles. The van der Waals surface area contributed by atoms with Crippen LogP contribution in [-0.4, -0.2) is 98.1 Å². The number of methoxy groups -OCH3 is 2. The summed E-state index contributed by atoms with van der Waals surface area (Å²) < 4.78 is 38.3. The maximum atomic E-state index is 14.4. The van der Waals surface area contributed by atoms with Crippen molar-refractivity contribution in [1.82, 2.24) is 20.4 Å². The van der Waals surface area contributed by atoms with Crippen molar-refractivity contribution in [2.24, 2.45) is 0 Å². The van der Waals surface area contributed by atoms with E-state index in [0.29, 0.717) is 18.7 Å². The van der Waals surface area contributed by atoms with Crippen LogP contribution in [0.3, 0.4) is 0 Å². The van der Waals surface area contributed by atoms with Crippen LogP contribution in [0.25, 0.3) is 0 Å². The maximum Gasteiger partial charge on any atom is 0.338 e. The SMILES string of the molecule is COCC1=C(C(=O)OC)[C@H](c2ccc(F)c(F)c2)N(C(=O)N2CC(O)C(NC3CCN(c4ccccc4C#N)CC3)C2)C(=O)N1. The van der Waals surface area contributed by atoms with Crippen LogP contribution in [0.1, 0.15) is 30.0 Å². The minimum absolute atomic E-state index is 0.0119. The van der Waals surface area contributed by atoms with Crippen molar-refractivity contribution in [3.8, 4) is 6.07 Å². The molecule has 3 N–H and O–H groups in total. The third kappa shape index (κ3) is 6.46. The van der Waals surface area contributed by atoms with Gasteiger partial charge in [0.1, 0.15) is 12.1 Å². The fraction of sp³-hybridized carbons (Fsp3) is 0.419. The average Bonchev–Trinajstić information content (AvgIpc) is 3.41. The molecular weight excluding hydrogens is 590 g/mol. The van der Waals surface area contributed by atoms with Gasteiger partial charge in [-0.2, -0.15) is 5.26 Å². The molecule has 5 rings (SSSR count). The third-order valence-electron chi connectivity index (χ3n) is 8.36. The van der Waals surface area contributed by atoms with E-state index in [2.05, 4.69) is 21.6 Å². The Morgan fingerprint density at radius 3 is 2.51 bits per heavy atom. The van der Waals surface area contributed by atoms with Gasteiger partial charge in [0.2, 0.25) is 0 Å². The molecule has 0 aromatic heterocycles. The first-order valence-corrected chi connectivity index (χ1v) is 14.5. The molecule has 0 spiro atoms. The number of aliphatic hydroxyl groups excluding tert-OH is 1. The monoisotopic (exact) mass is 624 g/mol. The molecule has 3 aliphatic rings. The van der Waals surface area contributed by atoms with Gasteiger partial charge in [-0.25, -0.2) is 28.1 Å². The number of nitrogens with one attached hydrogen (secondary N) is 2. The Balaban J connectivity index is 1.34. The van der Waals surface area contributed by atoms with Crippen LogP contribution < -0.4 is 15.5 Å². The first-order chi connectivity index (χ1) is 21.7. The molecule has 0 saturated carbocycles. The summed E-state index contributed by atoms with van der Waals surface area (Å²) in [4.78, 5) is 44.5. The number of likely N-dealkylation sites (tertiary alicyclic amines) is 1. The predicted octanol–water partition coefficient (Wildman–Crippen LogP) is 2.40. The molecule has 14 heteroatoms. The average molecular weight is 625 g/mol. The van der Waals surface area contributed by atoms with Gasteiger partial charge in [0, 0.05) is 32.8 Å². The topological polar surface area (TPSA) is 147 Å². The number of amides is 4. The number of ether oxygens (including phenoxy) is 2. The Kier molecular flexibility index (Phi) is 9.62. The van der Waals surface area contributed by atoms with E-state index in [9.17, 15) is 33.5 Å². The quantitative estimate of drug-likeness (QED) is 0.395. The number of aliphatic hydroxyl groups is 1. The van der Waals surface area contributed by atoms with Gasteiger partial charge in [0.15, 0.2) is 11.6 Å². The van der Waals surface area contributed by atoms with Crippen molar-refractivity contribution >= 4 is 23.7 Å². The van der Waals surface area contributed by atoms with Gasteiger partial charge in [-0.15, -0.1) is 0 Å². The lowest BCUT2D eigenvalue weighted by Crippen LogP contribution is -2.56. The zero-order valence-corrected chi connectivity index (χ0v) is 24.8. The molecule has 2 aromatic rings. The van der Waals surface area contributed by atoms with E-state index >= 15 is 0 Å². The highest BCUT2D eigenvalue weighted by molar-refractivity contribution is 6.02. The summed E-state index contributed by atoms with van der Waals surface area (Å²) in [6.07, 6.45) is 0.513. The second kappa shape index (κ2) is 13.6. The largest absolute Gasteiger partial charge is 0.466 e. The lowest BCUT2D eigenvalue weighted by molar-refractivity contribution is -0.137. The Morgan fingerprint density at radius 2 is 1.84 bits per heavy atom. The summed E-state index contributed by atoms with van der Waals surface area (Å²) in [5, 5.41) is 26.3. The minimum Gasteiger partial charge on any atom is -0.466 e. The summed E-state index contributed by atoms with van der Waals surface area (Å²) in [6, 6.07) is 8.77. The number of halogens is 2. The standard InChI is InChI=1S/C31H34F2N6O6/c1-44-17-24-27(29(41)45-2)28(18-7-8-21(32)22(33)13-18)39(30(42)36-24)31(43)38-15-23(26(40)16-38)35-20-9-11-37(12-10-20)25-6-4-3-5-19(25)14-34/h3-8,13,20,23,26,28,35,40H,9-12,15-17H2,1-2H3,(H,36,42)/t23?,26?,28-/m0/s1. The number of carbonyl (C=O) groups excluding carboxylic acids is 3. The number of benzene rings is 2. The van der Waals surface area contributed by atoms with Crippen molar-refractivity contribution in [3.63, 3.8) is 0 Å². The molecule has 3 aliphatic heterocycles. The van der Waals surface area contributed by atoms with Crippen molar-refractivity contribution in [1.29, 1.82) is 5.26 Å². The lowest BCUT2D eigenvalue weighted by Gasteiger charge is -2.38. The molecule has 12 nitrogen and oxygen atoms in total. The number of rotatable bonds is 7. The van der Waals surface area contributed by atoms with Crippen LogP contribution in [0.2, 0.25) is 0 Å². The third-order valence-corrected chi connectivity index (χ3v) is 8.36. The molecule has 3 heterocycles. The Morgan fingerprint density at radius 1 is 1.11 bits per heavy atom. The number of carbonyl (C=O) groups is 3. The van der Waals surface area contributed by atoms with Gasteiger partial charge < -0.3 is 35.0 Å². The summed E-state index contributed by atoms with van der Waals surface area (Å²) in [6.45, 7) is 1.10. The van der Waals surface area contributed by atoms with E-state index in [1.165, 1.54) is 18.1 Å². The molecule has 0 aliphatic carbocycles. The van der Waals surface area contributed by atoms with E-state index in [-0.39, 0.29) is 42.6 Å². The van der Waals surface area contributed by atoms with Crippen LogP contribution in [0.15, 0.2) is 53.7 Å². The number of hydrogen-bond acceptors (Lipinski definition) is 9. The van der Waals surface area contributed by atoms with Crippen molar-refractivity contribution < 1.29 is 37.7 Å². The Bertz CT molecular complexity index is 1540. The van der Waals surface area contributed by atoms with Crippen LogP contribution in [0.4, 0.5) is 24.1 Å². The van der Waals surface area contributed by atoms with Gasteiger partial charge in [-0.3, -0.25) is 0 Å². The molecule has 0 bridgehead atoms. The highest BCUT2D eigenvalue weighted by atomic mass is 19.2. The number of para-hydroxylation sites is 1. The van der Waals surface area contributed by atoms with Crippen LogP contribution >= 0.6 is 0 Å². The normalized spacial score (nSPS) is 22.4. The number of nitrogens with zero attached hydrogens (tertiary/aromatic N) is 4. The molecule has 3 atom stereocenters. The lowest BCUT2D eigenvalue weighted by atomic mass is 9.93. The summed E-state index contributed by atoms with van der Waals surface area (Å²) >= 11 is 0. The molecule has 2 aromatic carbocycles. The Labute approximate surface area is 258 Å². The Hall–Kier alpha value is -4.58. The van der Waals surface area contributed by atoms with Gasteiger partial charge >= 0.3 is 18.0 Å². The van der Waals surface area contributed by atoms with E-state index in [1.807, 2.05) is 18.2 Å². The minimum atomic E-state index is -1.47. The highest BCUT2D eigenvalue weighted by Gasteiger charge is 2.47. The van der Waals surface area contributed by atoms with Crippen molar-refractivity contribution in [3.05, 3.63) is 76.5 Å². The maximum absolute atomic E-state index is 14.4. The molecule has 2 fully saturated rings. The van der Waals surface area contributed by atoms with E-state index in [0.717, 1.165) is 42.7 Å². The smallest absolute Gasteiger partial charge is 0.338 e. The molecule has 4 amide bonds. The molecule has 45 heavy (non-hydrogen) atoms. The van der Waals surface area contributed by atoms with E-state index < -0.39 is 47.9 Å². The van der Waals surface area contributed by atoms with Crippen LogP contribution in [-0.2, 0) is 14.3 Å². The summed E-state index contributed by atoms with van der Waals surface area (Å²) in [7, 11) is 2.45. The zero-order valence-electron chi connectivity index (χ0n) is 24.8. The highest BCUT2D eigenvalue weighted by Crippen LogP contribution is 2.36. The number of nitriles is 1. The molecule has 2 unspecified atom stereocenters. The van der Waals surface area contributed by atoms with Crippen molar-refractivity contribution in [2.45, 2.75) is 37.1 Å². The van der Waals surface area contributed by atoms with Crippen molar-refractivity contribution in [2.75, 3.05) is 51.9 Å². The number of piperidine rings is 1. The number of esters is 1. The number of imide groups is 1. The second-order valence-corrected chi connectivity index (χ2v) is 11.1. The molecule has 0 radical (unpaired) electrons. The van der Waals surface area contributed by atoms with E-state index in [4.69, 9.17) is 9.47 Å². The first kappa shape index (κ1) is 31.8. The van der Waals surface area contributed by atoms with Gasteiger partial charge in [-0.05, 0) is 42.7 Å². The van der Waals surface area contributed by atoms with E-state index in [1.54, 1.807) is 6.07 Å². The summed E-state index contributed by atoms with van der Waals surface area (Å²) in [5.74, 6) is -3.28. The summed E-state index contributed by atoms with van der Waals surface area (Å²) in [5.41, 5.74) is 1.27. The number of urea groups is 2. The fourth-order valence-corrected chi connectivity index (χ4v) is 6.16. The van der Waals surface area contributed by atoms with Gasteiger partial charge in [-0.1, -0.05) is 18.2 Å². The number of β-amino-alcohol motifs (C(OH)–C–C–N with tert-alkyl or cyclic N) is 1. The fourth-order valence-electron chi connectivity index (χ4n) is 6.16. The van der Waals surface area contributed by atoms with Crippen LogP contribution in [0, 0.1) is 23.0 Å². The predicted molar refractivity (Wildman–Crippen MR) is 157 cm³/mol. The van der Waals surface area contributed by atoms with Crippen LogP contribution in [0.5, 0.6) is 0 Å². The van der Waals surface area contributed by atoms with Gasteiger partial charge in [0.05, 0.1) is 54.9 Å². The molecule has 238 valence electrons. The van der Waals surface area contributed by atoms with Gasteiger partial charge in [0.25, 0.3) is 0 Å². The second-order valence-electron chi connectivity index (χ2n) is 11.1. The first-order valence-electron chi connectivity index (χ1n) is 14.5. The number of anilines is 1. The molecular formula is C31H34F2N6O6.